The second-order valence-corrected chi connectivity index (χ2v) is 11.8. The summed E-state index contributed by atoms with van der Waals surface area (Å²) in [5.41, 5.74) is -1.12. The predicted molar refractivity (Wildman–Crippen MR) is 136 cm³/mol. The maximum absolute atomic E-state index is 13.5. The van der Waals surface area contributed by atoms with Gasteiger partial charge >= 0.3 is 6.18 Å². The summed E-state index contributed by atoms with van der Waals surface area (Å²) in [5.74, 6) is 2.56. The zero-order chi connectivity index (χ0) is 27.2. The number of hydrogen-bond donors (Lipinski definition) is 1. The molecule has 6 nitrogen and oxygen atoms in total. The fraction of sp³-hybridized carbons (Fsp3) is 0.192. The number of carbonyl (C=O) groups is 1. The second kappa shape index (κ2) is 11.7. The lowest BCUT2D eigenvalue weighted by atomic mass is 10.1. The number of nitrogens with one attached hydrogen (secondary N) is 1. The Morgan fingerprint density at radius 1 is 1.14 bits per heavy atom. The van der Waals surface area contributed by atoms with Crippen molar-refractivity contribution in [1.82, 2.24) is 4.72 Å². The molecule has 0 aliphatic heterocycles. The number of nitrogens with zero attached hydrogens (tertiary/aromatic N) is 1. The lowest BCUT2D eigenvalue weighted by Gasteiger charge is -2.15. The van der Waals surface area contributed by atoms with E-state index in [-0.39, 0.29) is 28.4 Å². The molecule has 1 amide bonds. The van der Waals surface area contributed by atoms with Gasteiger partial charge in [-0.25, -0.2) is 4.21 Å². The number of nitriles is 1. The van der Waals surface area contributed by atoms with E-state index in [0.717, 1.165) is 12.1 Å². The fourth-order valence-electron chi connectivity index (χ4n) is 3.40. The summed E-state index contributed by atoms with van der Waals surface area (Å²) in [6.45, 7) is 1.76. The largest absolute Gasteiger partial charge is 0.606 e. The van der Waals surface area contributed by atoms with Gasteiger partial charge in [-0.1, -0.05) is 25.1 Å². The highest BCUT2D eigenvalue weighted by Gasteiger charge is 2.32. The Labute approximate surface area is 216 Å². The number of alkyl halides is 3. The molecule has 0 aliphatic rings. The van der Waals surface area contributed by atoms with E-state index in [4.69, 9.17) is 4.74 Å². The van der Waals surface area contributed by atoms with E-state index in [9.17, 15) is 32.0 Å². The van der Waals surface area contributed by atoms with Gasteiger partial charge in [0.15, 0.2) is 9.79 Å². The molecule has 3 rings (SSSR count). The highest BCUT2D eigenvalue weighted by atomic mass is 32.2. The van der Waals surface area contributed by atoms with Crippen molar-refractivity contribution in [2.24, 2.45) is 0 Å². The summed E-state index contributed by atoms with van der Waals surface area (Å²) < 4.78 is 73.6. The summed E-state index contributed by atoms with van der Waals surface area (Å²) in [5, 5.41) is 9.59. The summed E-state index contributed by atoms with van der Waals surface area (Å²) in [7, 11) is -2.90. The number of benzene rings is 3. The third-order valence-corrected chi connectivity index (χ3v) is 8.01. The molecule has 194 valence electrons. The Hall–Kier alpha value is -3.46. The molecule has 3 aromatic rings. The Morgan fingerprint density at radius 2 is 1.84 bits per heavy atom. The number of rotatable bonds is 9. The van der Waals surface area contributed by atoms with Crippen molar-refractivity contribution < 1.29 is 31.5 Å². The number of amides is 1. The van der Waals surface area contributed by atoms with E-state index in [1.165, 1.54) is 24.3 Å². The average Bonchev–Trinajstić information content (AvgIpc) is 2.83. The monoisotopic (exact) mass is 548 g/mol. The number of ether oxygens (including phenoxy) is 1. The molecule has 0 spiro atoms. The van der Waals surface area contributed by atoms with Gasteiger partial charge < -0.3 is 9.29 Å². The maximum Gasteiger partial charge on any atom is 0.416 e. The predicted octanol–water partition coefficient (Wildman–Crippen LogP) is 5.24. The van der Waals surface area contributed by atoms with Crippen LogP contribution in [-0.4, -0.2) is 26.3 Å². The zero-order valence-corrected chi connectivity index (χ0v) is 21.3. The van der Waals surface area contributed by atoms with Crippen molar-refractivity contribution in [3.05, 3.63) is 83.4 Å². The molecule has 2 unspecified atom stereocenters. The van der Waals surface area contributed by atoms with Crippen molar-refractivity contribution in [2.45, 2.75) is 35.7 Å². The van der Waals surface area contributed by atoms with Crippen LogP contribution in [0.25, 0.3) is 0 Å². The van der Waals surface area contributed by atoms with Gasteiger partial charge in [0.25, 0.3) is 0 Å². The summed E-state index contributed by atoms with van der Waals surface area (Å²) in [6.07, 6.45) is -4.72. The number of hydrogen-bond acceptors (Lipinski definition) is 5. The van der Waals surface area contributed by atoms with Crippen LogP contribution in [0.1, 0.15) is 30.0 Å². The summed E-state index contributed by atoms with van der Waals surface area (Å²) >= 11 is -1.58. The zero-order valence-electron chi connectivity index (χ0n) is 19.7. The Kier molecular flexibility index (Phi) is 8.91. The molecule has 2 atom stereocenters. The van der Waals surface area contributed by atoms with Crippen LogP contribution in [0.5, 0.6) is 11.5 Å². The normalized spacial score (nSPS) is 13.7. The minimum absolute atomic E-state index is 0.0325. The van der Waals surface area contributed by atoms with Crippen molar-refractivity contribution in [2.75, 3.05) is 5.75 Å². The van der Waals surface area contributed by atoms with Crippen molar-refractivity contribution in [3.8, 4) is 17.6 Å². The van der Waals surface area contributed by atoms with Crippen LogP contribution in [0.4, 0.5) is 13.2 Å². The standard InChI is InChI=1S/C26H23F3N2O4S2/c1-3-11-37(2,34)31-25(32)14-18-12-20(26(27,28)29)16-21(13-18)35-24-10-9-23(15-19(24)17-30)36(33)22-7-5-4-6-8-22/h4-10,12-13,15-16H,2-3,11,14H2,1H3,(H,31,32,34). The van der Waals surface area contributed by atoms with Gasteiger partial charge in [-0.05, 0) is 60.3 Å². The van der Waals surface area contributed by atoms with Gasteiger partial charge in [-0.15, -0.1) is 0 Å². The third kappa shape index (κ3) is 7.76. The van der Waals surface area contributed by atoms with E-state index in [1.54, 1.807) is 37.3 Å². The molecule has 0 bridgehead atoms. The van der Waals surface area contributed by atoms with Gasteiger partial charge in [0.05, 0.1) is 17.5 Å². The molecular weight excluding hydrogens is 525 g/mol. The highest BCUT2D eigenvalue weighted by Crippen LogP contribution is 2.35. The van der Waals surface area contributed by atoms with E-state index >= 15 is 0 Å². The van der Waals surface area contributed by atoms with Crippen molar-refractivity contribution in [3.63, 3.8) is 0 Å². The van der Waals surface area contributed by atoms with E-state index < -0.39 is 45.0 Å². The lowest BCUT2D eigenvalue weighted by molar-refractivity contribution is -0.137. The molecular formula is C26H23F3N2O4S2. The SMILES string of the molecule is C=S(=O)(CCC)NC(=O)Cc1cc(Oc2ccc([S+]([O-])c3ccccc3)cc2C#N)cc(C(F)(F)F)c1. The van der Waals surface area contributed by atoms with Gasteiger partial charge in [0.2, 0.25) is 5.91 Å². The third-order valence-electron chi connectivity index (χ3n) is 4.96. The quantitative estimate of drug-likeness (QED) is 0.291. The summed E-state index contributed by atoms with van der Waals surface area (Å²) in [6, 6.07) is 17.4. The maximum atomic E-state index is 13.5. The van der Waals surface area contributed by atoms with Crippen molar-refractivity contribution in [1.29, 1.82) is 5.26 Å². The van der Waals surface area contributed by atoms with Crippen LogP contribution in [0, 0.1) is 11.3 Å². The van der Waals surface area contributed by atoms with Gasteiger partial charge in [0, 0.05) is 32.7 Å². The van der Waals surface area contributed by atoms with Gasteiger partial charge in [-0.2, -0.15) is 18.4 Å². The molecule has 3 aromatic carbocycles. The van der Waals surface area contributed by atoms with Crippen LogP contribution < -0.4 is 9.46 Å². The summed E-state index contributed by atoms with van der Waals surface area (Å²) in [4.78, 5) is 13.2. The molecule has 11 heteroatoms. The van der Waals surface area contributed by atoms with Crippen LogP contribution in [0.2, 0.25) is 0 Å². The topological polar surface area (TPSA) is 102 Å². The first-order valence-corrected chi connectivity index (χ1v) is 14.0. The highest BCUT2D eigenvalue weighted by molar-refractivity contribution is 7.99. The van der Waals surface area contributed by atoms with Gasteiger partial charge in [-0.3, -0.25) is 9.52 Å². The molecule has 0 heterocycles. The van der Waals surface area contributed by atoms with Crippen LogP contribution >= 0.6 is 0 Å². The molecule has 0 fully saturated rings. The van der Waals surface area contributed by atoms with Crippen LogP contribution in [0.3, 0.4) is 0 Å². The smallest absolute Gasteiger partial charge is 0.416 e. The number of halogens is 3. The minimum atomic E-state index is -4.73. The first-order valence-electron chi connectivity index (χ1n) is 11.0. The van der Waals surface area contributed by atoms with Gasteiger partial charge in [0.1, 0.15) is 17.6 Å². The molecule has 0 radical (unpaired) electrons. The second-order valence-electron chi connectivity index (χ2n) is 8.03. The Bertz CT molecular complexity index is 1420. The van der Waals surface area contributed by atoms with Crippen LogP contribution in [-0.2, 0) is 38.3 Å². The van der Waals surface area contributed by atoms with Crippen LogP contribution in [0.15, 0.2) is 76.5 Å². The van der Waals surface area contributed by atoms with Crippen molar-refractivity contribution >= 4 is 32.7 Å². The number of carbonyl (C=O) groups excluding carboxylic acids is 1. The van der Waals surface area contributed by atoms with E-state index in [1.807, 2.05) is 6.07 Å². The first kappa shape index (κ1) is 28.1. The Balaban J connectivity index is 1.90. The van der Waals surface area contributed by atoms with E-state index in [2.05, 4.69) is 10.6 Å². The molecule has 0 saturated heterocycles. The first-order chi connectivity index (χ1) is 17.4. The molecule has 1 N–H and O–H groups in total. The molecule has 37 heavy (non-hydrogen) atoms. The van der Waals surface area contributed by atoms with E-state index in [0.29, 0.717) is 16.2 Å². The molecule has 0 aromatic heterocycles. The molecule has 0 saturated carbocycles. The lowest BCUT2D eigenvalue weighted by Crippen LogP contribution is -2.33. The molecule has 0 aliphatic carbocycles. The Morgan fingerprint density at radius 3 is 2.46 bits per heavy atom. The fourth-order valence-corrected chi connectivity index (χ4v) is 5.74. The average molecular weight is 549 g/mol. The minimum Gasteiger partial charge on any atom is -0.606 e.